The summed E-state index contributed by atoms with van der Waals surface area (Å²) in [6.45, 7) is 1.39. The molecular formula is C12H14ClNO2. The fourth-order valence-corrected chi connectivity index (χ4v) is 2.07. The number of benzene rings is 1. The predicted octanol–water partition coefficient (Wildman–Crippen LogP) is 2.24. The number of nitrogens with zero attached hydrogens (tertiary/aromatic N) is 1. The van der Waals surface area contributed by atoms with Gasteiger partial charge in [-0.3, -0.25) is 4.79 Å². The Morgan fingerprint density at radius 2 is 2.06 bits per heavy atom. The number of hydrogen-bond donors (Lipinski definition) is 1. The number of likely N-dealkylation sites (tertiary alicyclic amines) is 1. The summed E-state index contributed by atoms with van der Waals surface area (Å²) in [5.74, 6) is 0.0950. The van der Waals surface area contributed by atoms with E-state index in [1.54, 1.807) is 23.1 Å². The summed E-state index contributed by atoms with van der Waals surface area (Å²) in [5, 5.41) is 9.50. The average Bonchev–Trinajstić information content (AvgIpc) is 2.29. The predicted molar refractivity (Wildman–Crippen MR) is 62.9 cm³/mol. The van der Waals surface area contributed by atoms with Crippen LogP contribution in [0.15, 0.2) is 24.3 Å². The van der Waals surface area contributed by atoms with Crippen molar-refractivity contribution >= 4 is 17.5 Å². The second-order valence-corrected chi connectivity index (χ2v) is 4.63. The number of rotatable bonds is 1. The molecule has 0 saturated carbocycles. The Labute approximate surface area is 99.6 Å². The first kappa shape index (κ1) is 11.3. The molecule has 0 unspecified atom stereocenters. The van der Waals surface area contributed by atoms with Crippen LogP contribution >= 0.6 is 11.6 Å². The zero-order chi connectivity index (χ0) is 11.5. The van der Waals surface area contributed by atoms with Crippen LogP contribution in [0, 0.1) is 0 Å². The van der Waals surface area contributed by atoms with E-state index in [0.717, 1.165) is 12.8 Å². The molecule has 1 amide bonds. The second-order valence-electron chi connectivity index (χ2n) is 4.02. The molecule has 0 aromatic heterocycles. The molecule has 0 spiro atoms. The standard InChI is InChI=1S/C12H14ClNO2/c13-10-4-6-14(7-5-10)12(16)9-2-1-3-11(15)8-9/h1-3,8,10,15H,4-7H2. The Morgan fingerprint density at radius 3 is 2.69 bits per heavy atom. The number of alkyl halides is 1. The molecular weight excluding hydrogens is 226 g/mol. The molecule has 0 atom stereocenters. The number of hydrogen-bond acceptors (Lipinski definition) is 2. The van der Waals surface area contributed by atoms with Crippen molar-refractivity contribution in [2.75, 3.05) is 13.1 Å². The lowest BCUT2D eigenvalue weighted by Gasteiger charge is -2.29. The maximum Gasteiger partial charge on any atom is 0.253 e. The second kappa shape index (κ2) is 4.74. The molecule has 1 fully saturated rings. The molecule has 86 valence electrons. The summed E-state index contributed by atoms with van der Waals surface area (Å²) in [5.41, 5.74) is 0.535. The lowest BCUT2D eigenvalue weighted by atomic mass is 10.1. The van der Waals surface area contributed by atoms with Crippen LogP contribution in [-0.4, -0.2) is 34.4 Å². The van der Waals surface area contributed by atoms with Gasteiger partial charge in [0.05, 0.1) is 0 Å². The number of halogens is 1. The number of phenols is 1. The van der Waals surface area contributed by atoms with Crippen molar-refractivity contribution in [2.45, 2.75) is 18.2 Å². The highest BCUT2D eigenvalue weighted by molar-refractivity contribution is 6.20. The molecule has 3 nitrogen and oxygen atoms in total. The highest BCUT2D eigenvalue weighted by Crippen LogP contribution is 2.19. The maximum atomic E-state index is 12.0. The minimum absolute atomic E-state index is 0.0283. The normalized spacial score (nSPS) is 17.4. The number of amides is 1. The third-order valence-corrected chi connectivity index (χ3v) is 3.24. The smallest absolute Gasteiger partial charge is 0.253 e. The molecule has 1 saturated heterocycles. The SMILES string of the molecule is O=C(c1cccc(O)c1)N1CCC(Cl)CC1. The van der Waals surface area contributed by atoms with Gasteiger partial charge in [0, 0.05) is 24.0 Å². The maximum absolute atomic E-state index is 12.0. The van der Waals surface area contributed by atoms with Gasteiger partial charge in [-0.25, -0.2) is 0 Å². The van der Waals surface area contributed by atoms with E-state index in [2.05, 4.69) is 0 Å². The summed E-state index contributed by atoms with van der Waals surface area (Å²) in [6, 6.07) is 6.45. The first-order chi connectivity index (χ1) is 7.66. The summed E-state index contributed by atoms with van der Waals surface area (Å²) in [6.07, 6.45) is 1.68. The van der Waals surface area contributed by atoms with Crippen LogP contribution in [-0.2, 0) is 0 Å². The van der Waals surface area contributed by atoms with Gasteiger partial charge in [-0.2, -0.15) is 0 Å². The van der Waals surface area contributed by atoms with Crippen LogP contribution in [0.5, 0.6) is 5.75 Å². The summed E-state index contributed by atoms with van der Waals surface area (Å²) >= 11 is 5.98. The van der Waals surface area contributed by atoms with Crippen molar-refractivity contribution in [1.29, 1.82) is 0 Å². The Morgan fingerprint density at radius 1 is 1.38 bits per heavy atom. The van der Waals surface area contributed by atoms with E-state index in [4.69, 9.17) is 11.6 Å². The summed E-state index contributed by atoms with van der Waals surface area (Å²) < 4.78 is 0. The Kier molecular flexibility index (Phi) is 3.34. The molecule has 4 heteroatoms. The summed E-state index contributed by atoms with van der Waals surface area (Å²) in [4.78, 5) is 13.8. The number of aromatic hydroxyl groups is 1. The number of piperidine rings is 1. The van der Waals surface area contributed by atoms with E-state index in [-0.39, 0.29) is 17.0 Å². The van der Waals surface area contributed by atoms with Crippen molar-refractivity contribution in [3.05, 3.63) is 29.8 Å². The first-order valence-corrected chi connectivity index (χ1v) is 5.83. The highest BCUT2D eigenvalue weighted by Gasteiger charge is 2.22. The largest absolute Gasteiger partial charge is 0.508 e. The Bertz CT molecular complexity index is 386. The lowest BCUT2D eigenvalue weighted by molar-refractivity contribution is 0.0726. The molecule has 0 bridgehead atoms. The van der Waals surface area contributed by atoms with Crippen LogP contribution in [0.4, 0.5) is 0 Å². The van der Waals surface area contributed by atoms with Gasteiger partial charge in [0.1, 0.15) is 5.75 Å². The molecule has 0 radical (unpaired) electrons. The molecule has 0 aliphatic carbocycles. The van der Waals surface area contributed by atoms with E-state index in [1.165, 1.54) is 6.07 Å². The van der Waals surface area contributed by atoms with Gasteiger partial charge in [-0.15, -0.1) is 11.6 Å². The third-order valence-electron chi connectivity index (χ3n) is 2.80. The van der Waals surface area contributed by atoms with E-state index >= 15 is 0 Å². The first-order valence-electron chi connectivity index (χ1n) is 5.39. The van der Waals surface area contributed by atoms with Gasteiger partial charge < -0.3 is 10.0 Å². The fourth-order valence-electron chi connectivity index (χ4n) is 1.87. The quantitative estimate of drug-likeness (QED) is 0.764. The fraction of sp³-hybridized carbons (Fsp3) is 0.417. The minimum Gasteiger partial charge on any atom is -0.508 e. The lowest BCUT2D eigenvalue weighted by Crippen LogP contribution is -2.38. The van der Waals surface area contributed by atoms with E-state index in [9.17, 15) is 9.90 Å². The number of carbonyl (C=O) groups excluding carboxylic acids is 1. The van der Waals surface area contributed by atoms with Gasteiger partial charge in [0.15, 0.2) is 0 Å². The third kappa shape index (κ3) is 2.47. The van der Waals surface area contributed by atoms with Gasteiger partial charge in [0.25, 0.3) is 5.91 Å². The van der Waals surface area contributed by atoms with E-state index in [0.29, 0.717) is 18.7 Å². The van der Waals surface area contributed by atoms with Crippen LogP contribution in [0.3, 0.4) is 0 Å². The van der Waals surface area contributed by atoms with Gasteiger partial charge in [0.2, 0.25) is 0 Å². The zero-order valence-electron chi connectivity index (χ0n) is 8.90. The minimum atomic E-state index is -0.0283. The van der Waals surface area contributed by atoms with Crippen molar-refractivity contribution in [1.82, 2.24) is 4.90 Å². The van der Waals surface area contributed by atoms with Crippen molar-refractivity contribution < 1.29 is 9.90 Å². The van der Waals surface area contributed by atoms with Crippen LogP contribution in [0.1, 0.15) is 23.2 Å². The number of phenolic OH excluding ortho intramolecular Hbond substituents is 1. The topological polar surface area (TPSA) is 40.5 Å². The van der Waals surface area contributed by atoms with E-state index < -0.39 is 0 Å². The molecule has 2 rings (SSSR count). The Hall–Kier alpha value is -1.22. The van der Waals surface area contributed by atoms with Gasteiger partial charge in [-0.1, -0.05) is 6.07 Å². The van der Waals surface area contributed by atoms with Crippen LogP contribution < -0.4 is 0 Å². The highest BCUT2D eigenvalue weighted by atomic mass is 35.5. The molecule has 1 aromatic rings. The van der Waals surface area contributed by atoms with Gasteiger partial charge >= 0.3 is 0 Å². The zero-order valence-corrected chi connectivity index (χ0v) is 9.65. The van der Waals surface area contributed by atoms with Crippen molar-refractivity contribution in [3.8, 4) is 5.75 Å². The molecule has 1 heterocycles. The number of carbonyl (C=O) groups is 1. The van der Waals surface area contributed by atoms with Gasteiger partial charge in [-0.05, 0) is 31.0 Å². The van der Waals surface area contributed by atoms with Crippen LogP contribution in [0.25, 0.3) is 0 Å². The van der Waals surface area contributed by atoms with Crippen LogP contribution in [0.2, 0.25) is 0 Å². The van der Waals surface area contributed by atoms with Crippen molar-refractivity contribution in [2.24, 2.45) is 0 Å². The monoisotopic (exact) mass is 239 g/mol. The molecule has 1 aliphatic rings. The molecule has 1 aromatic carbocycles. The Balaban J connectivity index is 2.08. The molecule has 1 N–H and O–H groups in total. The molecule has 16 heavy (non-hydrogen) atoms. The summed E-state index contributed by atoms with van der Waals surface area (Å²) in [7, 11) is 0. The molecule has 1 aliphatic heterocycles. The van der Waals surface area contributed by atoms with E-state index in [1.807, 2.05) is 0 Å². The average molecular weight is 240 g/mol. The van der Waals surface area contributed by atoms with Crippen molar-refractivity contribution in [3.63, 3.8) is 0 Å².